The van der Waals surface area contributed by atoms with Crippen LogP contribution in [0.2, 0.25) is 0 Å². The first-order valence-corrected chi connectivity index (χ1v) is 9.38. The predicted octanol–water partition coefficient (Wildman–Crippen LogP) is 2.86. The van der Waals surface area contributed by atoms with Crippen LogP contribution in [0, 0.1) is 13.8 Å². The van der Waals surface area contributed by atoms with E-state index in [-0.39, 0.29) is 13.2 Å². The van der Waals surface area contributed by atoms with Crippen molar-refractivity contribution in [3.63, 3.8) is 0 Å². The molecule has 29 heavy (non-hydrogen) atoms. The van der Waals surface area contributed by atoms with Gasteiger partial charge < -0.3 is 24.1 Å². The minimum Gasteiger partial charge on any atom is -0.492 e. The highest BCUT2D eigenvalue weighted by molar-refractivity contribution is 5.94. The number of amides is 1. The van der Waals surface area contributed by atoms with Crippen molar-refractivity contribution in [3.8, 4) is 5.75 Å². The number of hydrogen-bond acceptors (Lipinski definition) is 6. The van der Waals surface area contributed by atoms with Crippen LogP contribution < -0.4 is 10.1 Å². The standard InChI is InChI=1S/C21H26N2O6/c1-5-27-18-10-8-7-9-17(18)22-19(24)13-29-20(25)12-23-14(3)11-16(15(23)4)21(26)28-6-2/h7-11H,5-6,12-13H2,1-4H3,(H,22,24). The Labute approximate surface area is 169 Å². The third-order valence-corrected chi connectivity index (χ3v) is 4.18. The lowest BCUT2D eigenvalue weighted by atomic mass is 10.2. The summed E-state index contributed by atoms with van der Waals surface area (Å²) >= 11 is 0. The Balaban J connectivity index is 1.94. The minimum absolute atomic E-state index is 0.111. The van der Waals surface area contributed by atoms with Crippen molar-refractivity contribution in [1.29, 1.82) is 0 Å². The zero-order valence-electron chi connectivity index (χ0n) is 17.1. The molecule has 0 bridgehead atoms. The number of carbonyl (C=O) groups is 3. The first-order chi connectivity index (χ1) is 13.9. The van der Waals surface area contributed by atoms with Crippen LogP contribution in [0.3, 0.4) is 0 Å². The van der Waals surface area contributed by atoms with Crippen LogP contribution in [0.1, 0.15) is 35.6 Å². The summed E-state index contributed by atoms with van der Waals surface area (Å²) in [7, 11) is 0. The molecule has 1 amide bonds. The van der Waals surface area contributed by atoms with Crippen LogP contribution >= 0.6 is 0 Å². The molecule has 1 aromatic heterocycles. The summed E-state index contributed by atoms with van der Waals surface area (Å²) in [5.41, 5.74) is 2.24. The van der Waals surface area contributed by atoms with E-state index in [0.717, 1.165) is 5.69 Å². The van der Waals surface area contributed by atoms with E-state index < -0.39 is 24.5 Å². The van der Waals surface area contributed by atoms with Gasteiger partial charge in [-0.25, -0.2) is 4.79 Å². The van der Waals surface area contributed by atoms with Crippen LogP contribution in [0.5, 0.6) is 5.75 Å². The van der Waals surface area contributed by atoms with Gasteiger partial charge in [0.2, 0.25) is 0 Å². The van der Waals surface area contributed by atoms with Gasteiger partial charge in [-0.15, -0.1) is 0 Å². The number of rotatable bonds is 9. The monoisotopic (exact) mass is 402 g/mol. The third kappa shape index (κ3) is 5.84. The second-order valence-corrected chi connectivity index (χ2v) is 6.23. The fourth-order valence-corrected chi connectivity index (χ4v) is 2.82. The maximum Gasteiger partial charge on any atom is 0.339 e. The van der Waals surface area contributed by atoms with Gasteiger partial charge in [0.05, 0.1) is 24.5 Å². The van der Waals surface area contributed by atoms with E-state index in [0.29, 0.717) is 29.3 Å². The number of hydrogen-bond donors (Lipinski definition) is 1. The Morgan fingerprint density at radius 1 is 1.03 bits per heavy atom. The first kappa shape index (κ1) is 22.0. The van der Waals surface area contributed by atoms with Crippen molar-refractivity contribution >= 4 is 23.5 Å². The number of aryl methyl sites for hydroxylation is 1. The molecule has 2 rings (SSSR count). The van der Waals surface area contributed by atoms with E-state index in [1.54, 1.807) is 55.7 Å². The van der Waals surface area contributed by atoms with Crippen LogP contribution in [-0.2, 0) is 25.6 Å². The molecule has 0 unspecified atom stereocenters. The summed E-state index contributed by atoms with van der Waals surface area (Å²) in [4.78, 5) is 36.3. The van der Waals surface area contributed by atoms with Gasteiger partial charge in [0.15, 0.2) is 6.61 Å². The lowest BCUT2D eigenvalue weighted by Gasteiger charge is -2.12. The second kappa shape index (κ2) is 10.3. The summed E-state index contributed by atoms with van der Waals surface area (Å²) in [5.74, 6) is -0.957. The summed E-state index contributed by atoms with van der Waals surface area (Å²) in [5, 5.41) is 2.66. The van der Waals surface area contributed by atoms with E-state index in [9.17, 15) is 14.4 Å². The molecule has 0 spiro atoms. The normalized spacial score (nSPS) is 10.3. The Morgan fingerprint density at radius 2 is 1.76 bits per heavy atom. The maximum absolute atomic E-state index is 12.2. The van der Waals surface area contributed by atoms with E-state index in [4.69, 9.17) is 14.2 Å². The molecule has 1 aromatic carbocycles. The number of para-hydroxylation sites is 2. The second-order valence-electron chi connectivity index (χ2n) is 6.23. The molecule has 0 saturated heterocycles. The number of aromatic nitrogens is 1. The Morgan fingerprint density at radius 3 is 2.45 bits per heavy atom. The van der Waals surface area contributed by atoms with Crippen molar-refractivity contribution in [2.24, 2.45) is 0 Å². The van der Waals surface area contributed by atoms with Crippen molar-refractivity contribution in [2.75, 3.05) is 25.1 Å². The first-order valence-electron chi connectivity index (χ1n) is 9.38. The lowest BCUT2D eigenvalue weighted by molar-refractivity contribution is -0.147. The van der Waals surface area contributed by atoms with Gasteiger partial charge in [-0.2, -0.15) is 0 Å². The number of nitrogens with one attached hydrogen (secondary N) is 1. The third-order valence-electron chi connectivity index (χ3n) is 4.18. The van der Waals surface area contributed by atoms with Gasteiger partial charge in [0.25, 0.3) is 5.91 Å². The summed E-state index contributed by atoms with van der Waals surface area (Å²) in [6.45, 7) is 7.27. The molecule has 8 nitrogen and oxygen atoms in total. The van der Waals surface area contributed by atoms with Crippen molar-refractivity contribution in [3.05, 3.63) is 47.3 Å². The molecule has 0 aliphatic heterocycles. The topological polar surface area (TPSA) is 95.9 Å². The highest BCUT2D eigenvalue weighted by Gasteiger charge is 2.19. The molecule has 0 saturated carbocycles. The maximum atomic E-state index is 12.2. The Hall–Kier alpha value is -3.29. The highest BCUT2D eigenvalue weighted by Crippen LogP contribution is 2.23. The molecule has 2 aromatic rings. The van der Waals surface area contributed by atoms with Gasteiger partial charge in [0.1, 0.15) is 12.3 Å². The predicted molar refractivity (Wildman–Crippen MR) is 107 cm³/mol. The minimum atomic E-state index is -0.588. The number of carbonyl (C=O) groups excluding carboxylic acids is 3. The van der Waals surface area contributed by atoms with Crippen LogP contribution in [0.25, 0.3) is 0 Å². The number of ether oxygens (including phenoxy) is 3. The van der Waals surface area contributed by atoms with Crippen molar-refractivity contribution in [1.82, 2.24) is 4.57 Å². The van der Waals surface area contributed by atoms with Gasteiger partial charge in [0, 0.05) is 11.4 Å². The molecular weight excluding hydrogens is 376 g/mol. The Kier molecular flexibility index (Phi) is 7.82. The molecule has 8 heteroatoms. The average molecular weight is 402 g/mol. The van der Waals surface area contributed by atoms with Crippen LogP contribution in [0.15, 0.2) is 30.3 Å². The number of nitrogens with zero attached hydrogens (tertiary/aromatic N) is 1. The number of anilines is 1. The van der Waals surface area contributed by atoms with Crippen LogP contribution in [-0.4, -0.2) is 42.2 Å². The Bertz CT molecular complexity index is 887. The van der Waals surface area contributed by atoms with E-state index in [1.807, 2.05) is 6.92 Å². The largest absolute Gasteiger partial charge is 0.492 e. The van der Waals surface area contributed by atoms with E-state index in [1.165, 1.54) is 0 Å². The molecular formula is C21H26N2O6. The van der Waals surface area contributed by atoms with Gasteiger partial charge in [-0.3, -0.25) is 9.59 Å². The average Bonchev–Trinajstić information content (AvgIpc) is 2.96. The smallest absolute Gasteiger partial charge is 0.339 e. The number of benzene rings is 1. The molecule has 1 heterocycles. The summed E-state index contributed by atoms with van der Waals surface area (Å²) < 4.78 is 17.2. The fraction of sp³-hybridized carbons (Fsp3) is 0.381. The zero-order chi connectivity index (χ0) is 21.4. The summed E-state index contributed by atoms with van der Waals surface area (Å²) in [6.07, 6.45) is 0. The molecule has 0 aliphatic carbocycles. The molecule has 1 N–H and O–H groups in total. The van der Waals surface area contributed by atoms with E-state index >= 15 is 0 Å². The van der Waals surface area contributed by atoms with Crippen molar-refractivity contribution < 1.29 is 28.6 Å². The quantitative estimate of drug-likeness (QED) is 0.648. The fourth-order valence-electron chi connectivity index (χ4n) is 2.82. The molecule has 0 fully saturated rings. The van der Waals surface area contributed by atoms with Crippen LogP contribution in [0.4, 0.5) is 5.69 Å². The lowest BCUT2D eigenvalue weighted by Crippen LogP contribution is -2.23. The van der Waals surface area contributed by atoms with E-state index in [2.05, 4.69) is 5.32 Å². The number of esters is 2. The zero-order valence-corrected chi connectivity index (χ0v) is 17.1. The van der Waals surface area contributed by atoms with Crippen molar-refractivity contribution in [2.45, 2.75) is 34.2 Å². The van der Waals surface area contributed by atoms with Gasteiger partial charge in [-0.1, -0.05) is 12.1 Å². The molecule has 0 aliphatic rings. The van der Waals surface area contributed by atoms with Gasteiger partial charge >= 0.3 is 11.9 Å². The summed E-state index contributed by atoms with van der Waals surface area (Å²) in [6, 6.07) is 8.67. The molecule has 156 valence electrons. The SMILES string of the molecule is CCOC(=O)c1cc(C)n(CC(=O)OCC(=O)Nc2ccccc2OCC)c1C. The molecule has 0 atom stereocenters. The molecule has 0 radical (unpaired) electrons. The highest BCUT2D eigenvalue weighted by atomic mass is 16.5. The van der Waals surface area contributed by atoms with Gasteiger partial charge in [-0.05, 0) is 45.9 Å².